The number of nitrogens with zero attached hydrogens (tertiary/aromatic N) is 3. The quantitative estimate of drug-likeness (QED) is 0.736. The molecule has 3 aliphatic rings. The lowest BCUT2D eigenvalue weighted by atomic mass is 9.96. The Bertz CT molecular complexity index is 388. The predicted molar refractivity (Wildman–Crippen MR) is 79.6 cm³/mol. The smallest absolute Gasteiger partial charge is 0.325 e. The number of hydrogen-bond donors (Lipinski definition) is 0. The molecule has 0 spiro atoms. The van der Waals surface area contributed by atoms with E-state index in [1.165, 1.54) is 19.3 Å². The molecule has 1 saturated carbocycles. The van der Waals surface area contributed by atoms with Gasteiger partial charge in [-0.3, -0.25) is 9.89 Å². The highest BCUT2D eigenvalue weighted by Crippen LogP contribution is 2.21. The van der Waals surface area contributed by atoms with Crippen LogP contribution in [0.3, 0.4) is 0 Å². The topological polar surface area (TPSA) is 54.4 Å². The molecule has 6 nitrogen and oxygen atoms in total. The Morgan fingerprint density at radius 1 is 1.00 bits per heavy atom. The summed E-state index contributed by atoms with van der Waals surface area (Å²) in [4.78, 5) is 21.2. The normalized spacial score (nSPS) is 27.1. The first-order valence-electron chi connectivity index (χ1n) is 8.13. The molecule has 0 aromatic carbocycles. The second-order valence-corrected chi connectivity index (χ2v) is 5.92. The average molecular weight is 295 g/mol. The molecule has 0 radical (unpaired) electrons. The minimum atomic E-state index is 0.0659. The molecule has 0 unspecified atom stereocenters. The summed E-state index contributed by atoms with van der Waals surface area (Å²) in [6, 6.07) is 0.437. The van der Waals surface area contributed by atoms with Crippen LogP contribution in [-0.4, -0.2) is 73.8 Å². The van der Waals surface area contributed by atoms with E-state index in [2.05, 4.69) is 0 Å². The fourth-order valence-electron chi connectivity index (χ4n) is 3.19. The highest BCUT2D eigenvalue weighted by Gasteiger charge is 2.29. The van der Waals surface area contributed by atoms with Crippen molar-refractivity contribution < 1.29 is 14.3 Å². The molecule has 0 bridgehead atoms. The van der Waals surface area contributed by atoms with Crippen LogP contribution >= 0.6 is 0 Å². The standard InChI is InChI=1S/C15H25N3O3/c19-15(17-6-9-20-10-7-17)18-8-11-21-12-14(18)16-13-4-2-1-3-5-13/h13H,1-12H2. The second kappa shape index (κ2) is 7.22. The van der Waals surface area contributed by atoms with Gasteiger partial charge in [0.25, 0.3) is 0 Å². The molecule has 0 atom stereocenters. The average Bonchev–Trinajstić information content (AvgIpc) is 2.56. The number of urea groups is 1. The Labute approximate surface area is 126 Å². The summed E-state index contributed by atoms with van der Waals surface area (Å²) in [5.41, 5.74) is 0. The molecule has 3 fully saturated rings. The Balaban J connectivity index is 1.67. The van der Waals surface area contributed by atoms with Gasteiger partial charge in [-0.15, -0.1) is 0 Å². The summed E-state index contributed by atoms with van der Waals surface area (Å²) < 4.78 is 10.8. The lowest BCUT2D eigenvalue weighted by Gasteiger charge is -2.36. The molecule has 1 aliphatic carbocycles. The zero-order chi connectivity index (χ0) is 14.5. The van der Waals surface area contributed by atoms with Gasteiger partial charge in [0.2, 0.25) is 0 Å². The SMILES string of the molecule is O=C(N1CCOCC1)N1CCOCC1=NC1CCCCC1. The van der Waals surface area contributed by atoms with Gasteiger partial charge in [0, 0.05) is 13.1 Å². The number of ether oxygens (including phenoxy) is 2. The molecule has 0 N–H and O–H groups in total. The van der Waals surface area contributed by atoms with Gasteiger partial charge in [-0.05, 0) is 12.8 Å². The van der Waals surface area contributed by atoms with E-state index in [0.717, 1.165) is 18.7 Å². The van der Waals surface area contributed by atoms with Gasteiger partial charge in [-0.25, -0.2) is 4.79 Å². The van der Waals surface area contributed by atoms with Crippen LogP contribution in [0.25, 0.3) is 0 Å². The molecular formula is C15H25N3O3. The summed E-state index contributed by atoms with van der Waals surface area (Å²) in [6.45, 7) is 4.28. The molecule has 2 amide bonds. The zero-order valence-electron chi connectivity index (χ0n) is 12.6. The Morgan fingerprint density at radius 3 is 2.48 bits per heavy atom. The molecule has 0 aromatic rings. The van der Waals surface area contributed by atoms with E-state index in [4.69, 9.17) is 14.5 Å². The minimum Gasteiger partial charge on any atom is -0.378 e. The van der Waals surface area contributed by atoms with Crippen molar-refractivity contribution in [2.45, 2.75) is 38.1 Å². The van der Waals surface area contributed by atoms with Crippen molar-refractivity contribution in [2.24, 2.45) is 4.99 Å². The maximum atomic E-state index is 12.7. The van der Waals surface area contributed by atoms with E-state index in [1.807, 2.05) is 9.80 Å². The minimum absolute atomic E-state index is 0.0659. The third-order valence-electron chi connectivity index (χ3n) is 4.42. The van der Waals surface area contributed by atoms with Crippen LogP contribution in [0.2, 0.25) is 0 Å². The van der Waals surface area contributed by atoms with E-state index in [1.54, 1.807) is 0 Å². The summed E-state index contributed by atoms with van der Waals surface area (Å²) in [7, 11) is 0. The Kier molecular flexibility index (Phi) is 5.08. The van der Waals surface area contributed by atoms with Crippen LogP contribution in [0.4, 0.5) is 4.79 Å². The van der Waals surface area contributed by atoms with E-state index in [9.17, 15) is 4.79 Å². The van der Waals surface area contributed by atoms with Crippen LogP contribution in [0.1, 0.15) is 32.1 Å². The van der Waals surface area contributed by atoms with Gasteiger partial charge < -0.3 is 14.4 Å². The number of amidine groups is 1. The number of carbonyl (C=O) groups excluding carboxylic acids is 1. The molecule has 118 valence electrons. The maximum Gasteiger partial charge on any atom is 0.325 e. The lowest BCUT2D eigenvalue weighted by molar-refractivity contribution is 0.0423. The van der Waals surface area contributed by atoms with E-state index < -0.39 is 0 Å². The first-order chi connectivity index (χ1) is 10.3. The molecule has 0 aromatic heterocycles. The van der Waals surface area contributed by atoms with E-state index in [0.29, 0.717) is 52.1 Å². The van der Waals surface area contributed by atoms with Crippen molar-refractivity contribution in [3.8, 4) is 0 Å². The Morgan fingerprint density at radius 2 is 1.71 bits per heavy atom. The van der Waals surface area contributed by atoms with Crippen molar-refractivity contribution in [1.82, 2.24) is 9.80 Å². The number of rotatable bonds is 1. The van der Waals surface area contributed by atoms with Crippen LogP contribution in [-0.2, 0) is 9.47 Å². The number of aliphatic imine (C=N–C) groups is 1. The lowest BCUT2D eigenvalue weighted by Crippen LogP contribution is -2.54. The van der Waals surface area contributed by atoms with Gasteiger partial charge in [-0.2, -0.15) is 0 Å². The highest BCUT2D eigenvalue weighted by molar-refractivity contribution is 5.98. The molecule has 2 saturated heterocycles. The summed E-state index contributed by atoms with van der Waals surface area (Å²) in [5, 5.41) is 0. The Hall–Kier alpha value is -1.14. The summed E-state index contributed by atoms with van der Waals surface area (Å²) in [5.74, 6) is 0.824. The number of hydrogen-bond acceptors (Lipinski definition) is 4. The van der Waals surface area contributed by atoms with Crippen molar-refractivity contribution in [3.63, 3.8) is 0 Å². The van der Waals surface area contributed by atoms with Gasteiger partial charge in [0.1, 0.15) is 12.4 Å². The first-order valence-corrected chi connectivity index (χ1v) is 8.13. The highest BCUT2D eigenvalue weighted by atomic mass is 16.5. The molecule has 2 aliphatic heterocycles. The number of amides is 2. The third kappa shape index (κ3) is 3.74. The fourth-order valence-corrected chi connectivity index (χ4v) is 3.19. The molecular weight excluding hydrogens is 270 g/mol. The van der Waals surface area contributed by atoms with Crippen molar-refractivity contribution in [2.75, 3.05) is 46.1 Å². The second-order valence-electron chi connectivity index (χ2n) is 5.92. The van der Waals surface area contributed by atoms with Crippen LogP contribution in [0, 0.1) is 0 Å². The van der Waals surface area contributed by atoms with E-state index >= 15 is 0 Å². The fraction of sp³-hybridized carbons (Fsp3) is 0.867. The summed E-state index contributed by atoms with van der Waals surface area (Å²) >= 11 is 0. The predicted octanol–water partition coefficient (Wildman–Crippen LogP) is 1.50. The monoisotopic (exact) mass is 295 g/mol. The number of carbonyl (C=O) groups is 1. The van der Waals surface area contributed by atoms with Crippen molar-refractivity contribution in [1.29, 1.82) is 0 Å². The van der Waals surface area contributed by atoms with Crippen molar-refractivity contribution in [3.05, 3.63) is 0 Å². The van der Waals surface area contributed by atoms with Gasteiger partial charge in [-0.1, -0.05) is 19.3 Å². The third-order valence-corrected chi connectivity index (χ3v) is 4.42. The number of morpholine rings is 2. The maximum absolute atomic E-state index is 12.7. The van der Waals surface area contributed by atoms with Gasteiger partial charge >= 0.3 is 6.03 Å². The van der Waals surface area contributed by atoms with Crippen LogP contribution in [0.5, 0.6) is 0 Å². The van der Waals surface area contributed by atoms with Crippen molar-refractivity contribution >= 4 is 11.9 Å². The van der Waals surface area contributed by atoms with Gasteiger partial charge in [0.05, 0.1) is 32.4 Å². The molecule has 21 heavy (non-hydrogen) atoms. The zero-order valence-corrected chi connectivity index (χ0v) is 12.6. The van der Waals surface area contributed by atoms with Crippen LogP contribution < -0.4 is 0 Å². The largest absolute Gasteiger partial charge is 0.378 e. The molecule has 6 heteroatoms. The molecule has 2 heterocycles. The van der Waals surface area contributed by atoms with Crippen LogP contribution in [0.15, 0.2) is 4.99 Å². The molecule has 3 rings (SSSR count). The van der Waals surface area contributed by atoms with E-state index in [-0.39, 0.29) is 6.03 Å². The van der Waals surface area contributed by atoms with Gasteiger partial charge in [0.15, 0.2) is 0 Å². The summed E-state index contributed by atoms with van der Waals surface area (Å²) in [6.07, 6.45) is 6.10. The first kappa shape index (κ1) is 14.8.